The van der Waals surface area contributed by atoms with Crippen molar-refractivity contribution in [2.24, 2.45) is 10.8 Å². The van der Waals surface area contributed by atoms with E-state index in [0.29, 0.717) is 13.2 Å². The van der Waals surface area contributed by atoms with E-state index in [-0.39, 0.29) is 16.7 Å². The third-order valence-corrected chi connectivity index (χ3v) is 2.32. The van der Waals surface area contributed by atoms with E-state index >= 15 is 0 Å². The van der Waals surface area contributed by atoms with Gasteiger partial charge in [-0.25, -0.2) is 0 Å². The fourth-order valence-electron chi connectivity index (χ4n) is 0.839. The molecule has 92 valence electrons. The van der Waals surface area contributed by atoms with E-state index in [1.54, 1.807) is 0 Å². The van der Waals surface area contributed by atoms with Gasteiger partial charge in [-0.1, -0.05) is 41.5 Å². The lowest BCUT2D eigenvalue weighted by Gasteiger charge is -2.26. The van der Waals surface area contributed by atoms with Gasteiger partial charge in [-0.3, -0.25) is 0 Å². The van der Waals surface area contributed by atoms with Gasteiger partial charge < -0.3 is 14.3 Å². The average molecular weight is 234 g/mol. The summed E-state index contributed by atoms with van der Waals surface area (Å²) in [6.45, 7) is 13.9. The predicted molar refractivity (Wildman–Crippen MR) is 65.4 cm³/mol. The van der Waals surface area contributed by atoms with Crippen LogP contribution >= 0.6 is 0 Å². The van der Waals surface area contributed by atoms with Crippen LogP contribution in [0, 0.1) is 10.8 Å². The van der Waals surface area contributed by atoms with Crippen molar-refractivity contribution in [3.05, 3.63) is 0 Å². The molecule has 0 aromatic heterocycles. The van der Waals surface area contributed by atoms with Crippen molar-refractivity contribution in [1.82, 2.24) is 0 Å². The highest BCUT2D eigenvalue weighted by Crippen LogP contribution is 2.17. The standard InChI is InChI=1S/C11H26O3Si/c1-10(2,3)7-13-9(15-12)14-8-11(4,5)6/h9,12H,7-8,15H2,1-6H3. The van der Waals surface area contributed by atoms with E-state index in [1.807, 2.05) is 0 Å². The molecule has 0 spiro atoms. The molecule has 0 aliphatic heterocycles. The number of hydrogen-bond donors (Lipinski definition) is 1. The second kappa shape index (κ2) is 5.99. The molecule has 4 heteroatoms. The molecule has 0 amide bonds. The molecule has 0 saturated carbocycles. The molecule has 3 nitrogen and oxygen atoms in total. The summed E-state index contributed by atoms with van der Waals surface area (Å²) in [6, 6.07) is 0. The first-order chi connectivity index (χ1) is 6.64. The molecule has 0 radical (unpaired) electrons. The molecule has 1 N–H and O–H groups in total. The van der Waals surface area contributed by atoms with Crippen molar-refractivity contribution in [1.29, 1.82) is 0 Å². The van der Waals surface area contributed by atoms with E-state index in [2.05, 4.69) is 41.5 Å². The number of ether oxygens (including phenoxy) is 2. The summed E-state index contributed by atoms with van der Waals surface area (Å²) in [4.78, 5) is 9.21. The first kappa shape index (κ1) is 15.1. The summed E-state index contributed by atoms with van der Waals surface area (Å²) in [6.07, 6.45) is 0. The summed E-state index contributed by atoms with van der Waals surface area (Å²) >= 11 is 0. The quantitative estimate of drug-likeness (QED) is 0.578. The Balaban J connectivity index is 3.84. The number of rotatable bonds is 5. The zero-order chi connectivity index (χ0) is 12.1. The Kier molecular flexibility index (Phi) is 6.03. The van der Waals surface area contributed by atoms with Crippen molar-refractivity contribution in [2.75, 3.05) is 13.2 Å². The molecule has 0 aromatic rings. The van der Waals surface area contributed by atoms with Gasteiger partial charge in [-0.2, -0.15) is 0 Å². The van der Waals surface area contributed by atoms with E-state index in [0.717, 1.165) is 0 Å². The minimum Gasteiger partial charge on any atom is -0.432 e. The van der Waals surface area contributed by atoms with Gasteiger partial charge in [0.15, 0.2) is 5.91 Å². The molecule has 0 aliphatic rings. The van der Waals surface area contributed by atoms with Gasteiger partial charge in [-0.05, 0) is 10.8 Å². The van der Waals surface area contributed by atoms with Crippen molar-refractivity contribution in [3.8, 4) is 0 Å². The van der Waals surface area contributed by atoms with Crippen molar-refractivity contribution < 1.29 is 14.3 Å². The maximum atomic E-state index is 9.21. The van der Waals surface area contributed by atoms with Gasteiger partial charge in [0, 0.05) is 0 Å². The van der Waals surface area contributed by atoms with Gasteiger partial charge in [0.2, 0.25) is 9.76 Å². The van der Waals surface area contributed by atoms with Crippen molar-refractivity contribution >= 4 is 9.76 Å². The second-order valence-corrected chi connectivity index (χ2v) is 7.39. The fourth-order valence-corrected chi connectivity index (χ4v) is 1.29. The fraction of sp³-hybridized carbons (Fsp3) is 1.00. The van der Waals surface area contributed by atoms with Gasteiger partial charge >= 0.3 is 0 Å². The van der Waals surface area contributed by atoms with Crippen LogP contribution < -0.4 is 0 Å². The van der Waals surface area contributed by atoms with Gasteiger partial charge in [0.25, 0.3) is 0 Å². The van der Waals surface area contributed by atoms with E-state index in [1.165, 1.54) is 0 Å². The van der Waals surface area contributed by atoms with Crippen LogP contribution in [0.3, 0.4) is 0 Å². The summed E-state index contributed by atoms with van der Waals surface area (Å²) in [5.41, 5.74) is 0.236. The Morgan fingerprint density at radius 1 is 0.933 bits per heavy atom. The maximum Gasteiger partial charge on any atom is 0.218 e. The summed E-state index contributed by atoms with van der Waals surface area (Å²) < 4.78 is 11.1. The monoisotopic (exact) mass is 234 g/mol. The first-order valence-electron chi connectivity index (χ1n) is 5.48. The van der Waals surface area contributed by atoms with Crippen LogP contribution in [0.2, 0.25) is 0 Å². The van der Waals surface area contributed by atoms with Gasteiger partial charge in [0.1, 0.15) is 0 Å². The van der Waals surface area contributed by atoms with Crippen LogP contribution in [0.4, 0.5) is 0 Å². The topological polar surface area (TPSA) is 38.7 Å². The highest BCUT2D eigenvalue weighted by Gasteiger charge is 2.18. The molecule has 0 bridgehead atoms. The second-order valence-electron chi connectivity index (χ2n) is 6.36. The maximum absolute atomic E-state index is 9.21. The van der Waals surface area contributed by atoms with E-state index in [4.69, 9.17) is 9.47 Å². The highest BCUT2D eigenvalue weighted by atomic mass is 28.2. The summed E-state index contributed by atoms with van der Waals surface area (Å²) in [5.74, 6) is -0.358. The third kappa shape index (κ3) is 10.4. The average Bonchev–Trinajstić information content (AvgIpc) is 2.00. The molecule has 0 aromatic carbocycles. The molecule has 0 aliphatic carbocycles. The van der Waals surface area contributed by atoms with Crippen LogP contribution in [0.5, 0.6) is 0 Å². The molecule has 0 fully saturated rings. The number of hydrogen-bond acceptors (Lipinski definition) is 3. The summed E-state index contributed by atoms with van der Waals surface area (Å²) in [7, 11) is -1.25. The van der Waals surface area contributed by atoms with Gasteiger partial charge in [-0.15, -0.1) is 0 Å². The lowest BCUT2D eigenvalue weighted by atomic mass is 9.99. The Labute approximate surface area is 96.1 Å². The Bertz CT molecular complexity index is 152. The van der Waals surface area contributed by atoms with Crippen LogP contribution in [0.15, 0.2) is 0 Å². The van der Waals surface area contributed by atoms with Crippen LogP contribution in [-0.2, 0) is 9.47 Å². The van der Waals surface area contributed by atoms with Crippen LogP contribution in [0.1, 0.15) is 41.5 Å². The molecule has 15 heavy (non-hydrogen) atoms. The SMILES string of the molecule is CC(C)(C)COC(OCC(C)(C)C)[SiH2]O. The van der Waals surface area contributed by atoms with Crippen LogP contribution in [0.25, 0.3) is 0 Å². The Morgan fingerprint density at radius 3 is 1.47 bits per heavy atom. The summed E-state index contributed by atoms with van der Waals surface area (Å²) in [5, 5.41) is 0. The molecule has 0 heterocycles. The Morgan fingerprint density at radius 2 is 1.27 bits per heavy atom. The minimum absolute atomic E-state index is 0.118. The van der Waals surface area contributed by atoms with E-state index in [9.17, 15) is 4.80 Å². The van der Waals surface area contributed by atoms with Crippen molar-refractivity contribution in [3.63, 3.8) is 0 Å². The molecular weight excluding hydrogens is 208 g/mol. The minimum atomic E-state index is -1.25. The zero-order valence-corrected chi connectivity index (χ0v) is 12.4. The predicted octanol–water partition coefficient (Wildman–Crippen LogP) is 1.47. The molecule has 0 saturated heterocycles. The smallest absolute Gasteiger partial charge is 0.218 e. The Hall–Kier alpha value is 0.0969. The lowest BCUT2D eigenvalue weighted by Crippen LogP contribution is -2.31. The highest BCUT2D eigenvalue weighted by molar-refractivity contribution is 6.26. The zero-order valence-electron chi connectivity index (χ0n) is 11.0. The first-order valence-corrected chi connectivity index (χ1v) is 6.93. The largest absolute Gasteiger partial charge is 0.432 e. The molecule has 0 rings (SSSR count). The molecule has 0 unspecified atom stereocenters. The molecule has 0 atom stereocenters. The van der Waals surface area contributed by atoms with Crippen LogP contribution in [-0.4, -0.2) is 33.7 Å². The third-order valence-electron chi connectivity index (χ3n) is 1.55. The van der Waals surface area contributed by atoms with Gasteiger partial charge in [0.05, 0.1) is 13.2 Å². The molecular formula is C11H26O3Si. The van der Waals surface area contributed by atoms with E-state index < -0.39 is 9.76 Å². The normalized spacial score (nSPS) is 14.4. The lowest BCUT2D eigenvalue weighted by molar-refractivity contribution is -0.127. The van der Waals surface area contributed by atoms with Crippen molar-refractivity contribution in [2.45, 2.75) is 47.5 Å².